The lowest BCUT2D eigenvalue weighted by molar-refractivity contribution is 0.793. The molecule has 0 fully saturated rings. The van der Waals surface area contributed by atoms with Crippen LogP contribution in [0.15, 0.2) is 12.3 Å². The third-order valence-corrected chi connectivity index (χ3v) is 2.38. The van der Waals surface area contributed by atoms with E-state index in [2.05, 4.69) is 37.0 Å². The van der Waals surface area contributed by atoms with Crippen LogP contribution in [0, 0.1) is 12.8 Å². The number of nitrogens with zero attached hydrogens (tertiary/aromatic N) is 1. The monoisotopic (exact) mass is 159 g/mol. The lowest BCUT2D eigenvalue weighted by atomic mass is 10.0. The third kappa shape index (κ3) is 1.15. The molecule has 2 rings (SSSR count). The van der Waals surface area contributed by atoms with Gasteiger partial charge in [0, 0.05) is 6.20 Å². The molecule has 0 radical (unpaired) electrons. The van der Waals surface area contributed by atoms with Crippen molar-refractivity contribution in [1.82, 2.24) is 4.98 Å². The summed E-state index contributed by atoms with van der Waals surface area (Å²) in [4.78, 5) is 4.34. The highest BCUT2D eigenvalue weighted by atomic mass is 14.6. The van der Waals surface area contributed by atoms with Gasteiger partial charge in [0.1, 0.15) is 0 Å². The van der Waals surface area contributed by atoms with Gasteiger partial charge in [-0.3, -0.25) is 4.98 Å². The lowest BCUT2D eigenvalue weighted by Crippen LogP contribution is -2.33. The van der Waals surface area contributed by atoms with Crippen molar-refractivity contribution in [2.45, 2.75) is 20.3 Å². The number of hydrogen-bond donors (Lipinski definition) is 0. The van der Waals surface area contributed by atoms with Crippen molar-refractivity contribution in [3.8, 4) is 0 Å². The van der Waals surface area contributed by atoms with Crippen molar-refractivity contribution in [2.24, 2.45) is 5.92 Å². The van der Waals surface area contributed by atoms with Gasteiger partial charge in [-0.1, -0.05) is 19.1 Å². The molecule has 1 aliphatic rings. The smallest absolute Gasteiger partial charge is 0.0664 e. The van der Waals surface area contributed by atoms with Crippen LogP contribution in [0.2, 0.25) is 0 Å². The molecule has 0 saturated carbocycles. The molecule has 0 N–H and O–H groups in total. The van der Waals surface area contributed by atoms with Gasteiger partial charge >= 0.3 is 0 Å². The van der Waals surface area contributed by atoms with E-state index in [1.807, 2.05) is 6.20 Å². The Morgan fingerprint density at radius 1 is 1.50 bits per heavy atom. The predicted octanol–water partition coefficient (Wildman–Crippen LogP) is 0.991. The molecule has 12 heavy (non-hydrogen) atoms. The number of fused-ring (bicyclic) bond motifs is 1. The Bertz CT molecular complexity index is 404. The standard InChI is InChI=1S/C11H13N/c1-8-3-4-10-9(2)5-6-12-11(10)7-8/h4-8H,3H2,1-2H3. The summed E-state index contributed by atoms with van der Waals surface area (Å²) in [5.41, 5.74) is 1.34. The summed E-state index contributed by atoms with van der Waals surface area (Å²) in [6.45, 7) is 4.37. The zero-order valence-corrected chi connectivity index (χ0v) is 7.54. The van der Waals surface area contributed by atoms with Gasteiger partial charge in [0.2, 0.25) is 0 Å². The fourth-order valence-corrected chi connectivity index (χ4v) is 1.63. The Hall–Kier alpha value is -1.11. The first-order chi connectivity index (χ1) is 5.77. The minimum Gasteiger partial charge on any atom is -0.257 e. The average Bonchev–Trinajstić information content (AvgIpc) is 2.04. The molecule has 1 aromatic heterocycles. The Morgan fingerprint density at radius 3 is 3.17 bits per heavy atom. The van der Waals surface area contributed by atoms with Gasteiger partial charge in [0.05, 0.1) is 5.35 Å². The SMILES string of the molecule is Cc1ccnc2c1=CCC(C)C=2. The molecule has 0 amide bonds. The summed E-state index contributed by atoms with van der Waals surface area (Å²) in [5, 5.41) is 2.49. The van der Waals surface area contributed by atoms with Gasteiger partial charge in [-0.25, -0.2) is 0 Å². The average molecular weight is 159 g/mol. The van der Waals surface area contributed by atoms with E-state index in [1.165, 1.54) is 10.8 Å². The van der Waals surface area contributed by atoms with E-state index in [-0.39, 0.29) is 0 Å². The predicted molar refractivity (Wildman–Crippen MR) is 50.9 cm³/mol. The first-order valence-electron chi connectivity index (χ1n) is 4.41. The van der Waals surface area contributed by atoms with E-state index in [4.69, 9.17) is 0 Å². The second-order valence-electron chi connectivity index (χ2n) is 3.51. The molecule has 1 aliphatic carbocycles. The van der Waals surface area contributed by atoms with Crippen molar-refractivity contribution >= 4 is 12.2 Å². The van der Waals surface area contributed by atoms with Crippen molar-refractivity contribution in [1.29, 1.82) is 0 Å². The summed E-state index contributed by atoms with van der Waals surface area (Å²) in [7, 11) is 0. The van der Waals surface area contributed by atoms with Crippen LogP contribution in [0.25, 0.3) is 12.2 Å². The Kier molecular flexibility index (Phi) is 1.72. The maximum absolute atomic E-state index is 4.34. The Balaban J connectivity index is 2.78. The van der Waals surface area contributed by atoms with E-state index in [1.54, 1.807) is 0 Å². The topological polar surface area (TPSA) is 12.9 Å². The van der Waals surface area contributed by atoms with Crippen LogP contribution in [-0.4, -0.2) is 4.98 Å². The zero-order valence-electron chi connectivity index (χ0n) is 7.54. The highest BCUT2D eigenvalue weighted by Crippen LogP contribution is 2.05. The van der Waals surface area contributed by atoms with E-state index in [0.717, 1.165) is 11.8 Å². The van der Waals surface area contributed by atoms with Crippen LogP contribution in [0.4, 0.5) is 0 Å². The summed E-state index contributed by atoms with van der Waals surface area (Å²) < 4.78 is 0. The van der Waals surface area contributed by atoms with Crippen LogP contribution < -0.4 is 10.6 Å². The van der Waals surface area contributed by atoms with Gasteiger partial charge in [-0.2, -0.15) is 0 Å². The van der Waals surface area contributed by atoms with Crippen LogP contribution in [0.3, 0.4) is 0 Å². The highest BCUT2D eigenvalue weighted by molar-refractivity contribution is 5.39. The molecule has 1 aromatic rings. The summed E-state index contributed by atoms with van der Waals surface area (Å²) in [5.74, 6) is 0.645. The first-order valence-corrected chi connectivity index (χ1v) is 4.41. The largest absolute Gasteiger partial charge is 0.257 e. The van der Waals surface area contributed by atoms with Crippen molar-refractivity contribution in [3.05, 3.63) is 28.4 Å². The number of rotatable bonds is 0. The van der Waals surface area contributed by atoms with E-state index >= 15 is 0 Å². The molecular formula is C11H13N. The quantitative estimate of drug-likeness (QED) is 0.550. The Labute approximate surface area is 72.5 Å². The third-order valence-electron chi connectivity index (χ3n) is 2.38. The molecule has 1 unspecified atom stereocenters. The van der Waals surface area contributed by atoms with Gasteiger partial charge in [-0.15, -0.1) is 0 Å². The molecule has 0 bridgehead atoms. The second-order valence-corrected chi connectivity index (χ2v) is 3.51. The minimum absolute atomic E-state index is 0.645. The summed E-state index contributed by atoms with van der Waals surface area (Å²) in [6.07, 6.45) is 7.58. The molecular weight excluding hydrogens is 146 g/mol. The summed E-state index contributed by atoms with van der Waals surface area (Å²) >= 11 is 0. The van der Waals surface area contributed by atoms with Crippen molar-refractivity contribution in [2.75, 3.05) is 0 Å². The molecule has 1 heteroatoms. The number of pyridine rings is 1. The molecule has 0 spiro atoms. The fraction of sp³-hybridized carbons (Fsp3) is 0.364. The molecule has 0 aromatic carbocycles. The van der Waals surface area contributed by atoms with Gasteiger partial charge in [0.15, 0.2) is 0 Å². The minimum atomic E-state index is 0.645. The highest BCUT2D eigenvalue weighted by Gasteiger charge is 2.02. The zero-order chi connectivity index (χ0) is 8.55. The summed E-state index contributed by atoms with van der Waals surface area (Å²) in [6, 6.07) is 2.07. The van der Waals surface area contributed by atoms with Crippen LogP contribution >= 0.6 is 0 Å². The molecule has 0 saturated heterocycles. The van der Waals surface area contributed by atoms with Gasteiger partial charge in [0.25, 0.3) is 0 Å². The molecule has 62 valence electrons. The maximum atomic E-state index is 4.34. The van der Waals surface area contributed by atoms with Crippen LogP contribution in [0.1, 0.15) is 18.9 Å². The second kappa shape index (κ2) is 2.74. The van der Waals surface area contributed by atoms with E-state index in [0.29, 0.717) is 5.92 Å². The van der Waals surface area contributed by atoms with Gasteiger partial charge < -0.3 is 0 Å². The molecule has 1 nitrogen and oxygen atoms in total. The van der Waals surface area contributed by atoms with E-state index in [9.17, 15) is 0 Å². The van der Waals surface area contributed by atoms with Crippen LogP contribution in [-0.2, 0) is 0 Å². The molecule has 0 aliphatic heterocycles. The normalized spacial score (nSPS) is 20.7. The van der Waals surface area contributed by atoms with Crippen molar-refractivity contribution in [3.63, 3.8) is 0 Å². The van der Waals surface area contributed by atoms with E-state index < -0.39 is 0 Å². The molecule has 1 atom stereocenters. The van der Waals surface area contributed by atoms with Gasteiger partial charge in [-0.05, 0) is 36.1 Å². The molecule has 1 heterocycles. The Morgan fingerprint density at radius 2 is 2.33 bits per heavy atom. The first kappa shape index (κ1) is 7.53. The fourth-order valence-electron chi connectivity index (χ4n) is 1.63. The van der Waals surface area contributed by atoms with Crippen LogP contribution in [0.5, 0.6) is 0 Å². The van der Waals surface area contributed by atoms with Crippen molar-refractivity contribution < 1.29 is 0 Å². The number of hydrogen-bond acceptors (Lipinski definition) is 1. The number of aromatic nitrogens is 1. The number of aryl methyl sites for hydroxylation is 1. The lowest BCUT2D eigenvalue weighted by Gasteiger charge is -2.07. The maximum Gasteiger partial charge on any atom is 0.0664 e.